The monoisotopic (exact) mass is 222 g/mol. The summed E-state index contributed by atoms with van der Waals surface area (Å²) in [6.45, 7) is 2.42. The highest BCUT2D eigenvalue weighted by molar-refractivity contribution is 6.44. The summed E-state index contributed by atoms with van der Waals surface area (Å²) in [5, 5.41) is 28.4. The third kappa shape index (κ3) is 2.73. The van der Waals surface area contributed by atoms with E-state index in [1.165, 1.54) is 18.2 Å². The molecule has 5 heteroatoms. The van der Waals surface area contributed by atoms with Crippen LogP contribution in [0.25, 0.3) is 0 Å². The number of carbonyl (C=O) groups is 1. The largest absolute Gasteiger partial charge is 0.504 e. The van der Waals surface area contributed by atoms with E-state index in [0.29, 0.717) is 6.54 Å². The summed E-state index contributed by atoms with van der Waals surface area (Å²) in [5.41, 5.74) is 0.0349. The lowest BCUT2D eigenvalue weighted by Crippen LogP contribution is -2.31. The number of amides is 1. The van der Waals surface area contributed by atoms with Crippen LogP contribution in [-0.4, -0.2) is 28.4 Å². The number of hydrogen-bond donors (Lipinski definition) is 4. The van der Waals surface area contributed by atoms with E-state index in [4.69, 9.17) is 10.5 Å². The Bertz CT molecular complexity index is 416. The number of carbonyl (C=O) groups excluding carboxylic acids is 1. The second kappa shape index (κ2) is 5.16. The van der Waals surface area contributed by atoms with Gasteiger partial charge in [-0.15, -0.1) is 0 Å². The molecule has 16 heavy (non-hydrogen) atoms. The molecule has 0 aliphatic carbocycles. The van der Waals surface area contributed by atoms with Crippen molar-refractivity contribution in [2.45, 2.75) is 13.3 Å². The molecule has 0 saturated carbocycles. The van der Waals surface area contributed by atoms with E-state index in [2.05, 4.69) is 5.32 Å². The molecule has 0 unspecified atom stereocenters. The van der Waals surface area contributed by atoms with E-state index in [1.54, 1.807) is 0 Å². The zero-order valence-corrected chi connectivity index (χ0v) is 8.95. The number of phenolic OH excluding ortho intramolecular Hbond substituents is 2. The first-order valence-electron chi connectivity index (χ1n) is 4.95. The Labute approximate surface area is 93.2 Å². The Balaban J connectivity index is 2.80. The molecule has 0 bridgehead atoms. The van der Waals surface area contributed by atoms with E-state index in [-0.39, 0.29) is 22.8 Å². The van der Waals surface area contributed by atoms with Crippen molar-refractivity contribution in [1.29, 1.82) is 5.41 Å². The Morgan fingerprint density at radius 2 is 2.06 bits per heavy atom. The summed E-state index contributed by atoms with van der Waals surface area (Å²) in [6, 6.07) is 3.83. The molecule has 0 aromatic heterocycles. The molecule has 0 radical (unpaired) electrons. The Morgan fingerprint density at radius 3 is 2.62 bits per heavy atom. The average molecular weight is 222 g/mol. The molecule has 1 aromatic rings. The van der Waals surface area contributed by atoms with Crippen molar-refractivity contribution >= 4 is 11.6 Å². The molecular weight excluding hydrogens is 208 g/mol. The Morgan fingerprint density at radius 1 is 1.38 bits per heavy atom. The van der Waals surface area contributed by atoms with Gasteiger partial charge in [-0.3, -0.25) is 10.2 Å². The number of phenols is 2. The van der Waals surface area contributed by atoms with Crippen LogP contribution in [-0.2, 0) is 4.79 Å². The lowest BCUT2D eigenvalue weighted by atomic mass is 10.1. The maximum Gasteiger partial charge on any atom is 0.269 e. The molecule has 4 N–H and O–H groups in total. The van der Waals surface area contributed by atoms with Gasteiger partial charge in [0.1, 0.15) is 5.71 Å². The number of nitrogens with one attached hydrogen (secondary N) is 2. The number of aromatic hydroxyl groups is 2. The third-order valence-electron chi connectivity index (χ3n) is 2.03. The molecule has 1 rings (SSSR count). The summed E-state index contributed by atoms with van der Waals surface area (Å²) < 4.78 is 0. The van der Waals surface area contributed by atoms with Crippen molar-refractivity contribution in [3.8, 4) is 11.5 Å². The Hall–Kier alpha value is -2.04. The number of benzene rings is 1. The lowest BCUT2D eigenvalue weighted by Gasteiger charge is -2.06. The van der Waals surface area contributed by atoms with Crippen LogP contribution < -0.4 is 5.32 Å². The zero-order chi connectivity index (χ0) is 12.1. The second-order valence-corrected chi connectivity index (χ2v) is 3.33. The fourth-order valence-electron chi connectivity index (χ4n) is 1.14. The van der Waals surface area contributed by atoms with Crippen LogP contribution in [0.4, 0.5) is 0 Å². The predicted octanol–water partition coefficient (Wildman–Crippen LogP) is 0.992. The Kier molecular flexibility index (Phi) is 3.88. The average Bonchev–Trinajstić information content (AvgIpc) is 2.28. The summed E-state index contributed by atoms with van der Waals surface area (Å²) >= 11 is 0. The fourth-order valence-corrected chi connectivity index (χ4v) is 1.14. The van der Waals surface area contributed by atoms with Crippen LogP contribution in [0.1, 0.15) is 18.9 Å². The second-order valence-electron chi connectivity index (χ2n) is 3.33. The maximum atomic E-state index is 11.4. The van der Waals surface area contributed by atoms with E-state index in [1.807, 2.05) is 6.92 Å². The molecule has 0 aliphatic rings. The molecule has 0 saturated heterocycles. The van der Waals surface area contributed by atoms with Gasteiger partial charge < -0.3 is 15.5 Å². The van der Waals surface area contributed by atoms with E-state index >= 15 is 0 Å². The smallest absolute Gasteiger partial charge is 0.269 e. The molecule has 0 atom stereocenters. The van der Waals surface area contributed by atoms with Crippen molar-refractivity contribution in [3.05, 3.63) is 23.8 Å². The molecule has 5 nitrogen and oxygen atoms in total. The molecule has 1 amide bonds. The minimum Gasteiger partial charge on any atom is -0.504 e. The highest BCUT2D eigenvalue weighted by Gasteiger charge is 2.12. The van der Waals surface area contributed by atoms with Crippen LogP contribution in [0, 0.1) is 5.41 Å². The lowest BCUT2D eigenvalue weighted by molar-refractivity contribution is -0.114. The molecule has 0 spiro atoms. The number of hydrogen-bond acceptors (Lipinski definition) is 4. The molecule has 86 valence electrons. The first kappa shape index (κ1) is 12.0. The van der Waals surface area contributed by atoms with Crippen LogP contribution >= 0.6 is 0 Å². The van der Waals surface area contributed by atoms with Gasteiger partial charge in [-0.2, -0.15) is 0 Å². The van der Waals surface area contributed by atoms with Crippen molar-refractivity contribution < 1.29 is 15.0 Å². The summed E-state index contributed by atoms with van der Waals surface area (Å²) in [4.78, 5) is 11.4. The van der Waals surface area contributed by atoms with Crippen LogP contribution in [0.15, 0.2) is 18.2 Å². The van der Waals surface area contributed by atoms with Gasteiger partial charge in [0.05, 0.1) is 0 Å². The van der Waals surface area contributed by atoms with Crippen LogP contribution in [0.5, 0.6) is 11.5 Å². The standard InChI is InChI=1S/C11H14N2O3/c1-2-5-13-11(16)10(12)7-3-4-8(14)9(15)6-7/h3-4,6,12,14-15H,2,5H2,1H3,(H,13,16). The minimum atomic E-state index is -0.494. The van der Waals surface area contributed by atoms with Gasteiger partial charge in [-0.1, -0.05) is 6.92 Å². The quantitative estimate of drug-likeness (QED) is 0.452. The highest BCUT2D eigenvalue weighted by Crippen LogP contribution is 2.24. The first-order valence-corrected chi connectivity index (χ1v) is 4.95. The molecule has 0 heterocycles. The topological polar surface area (TPSA) is 93.4 Å². The van der Waals surface area contributed by atoms with Gasteiger partial charge in [-0.05, 0) is 24.6 Å². The van der Waals surface area contributed by atoms with Crippen molar-refractivity contribution in [3.63, 3.8) is 0 Å². The zero-order valence-electron chi connectivity index (χ0n) is 8.95. The van der Waals surface area contributed by atoms with E-state index < -0.39 is 5.91 Å². The van der Waals surface area contributed by atoms with E-state index in [9.17, 15) is 9.90 Å². The van der Waals surface area contributed by atoms with Crippen molar-refractivity contribution in [2.75, 3.05) is 6.54 Å². The molecule has 0 fully saturated rings. The van der Waals surface area contributed by atoms with Crippen LogP contribution in [0.2, 0.25) is 0 Å². The highest BCUT2D eigenvalue weighted by atomic mass is 16.3. The van der Waals surface area contributed by atoms with Gasteiger partial charge in [-0.25, -0.2) is 0 Å². The molecular formula is C11H14N2O3. The van der Waals surface area contributed by atoms with Gasteiger partial charge in [0.25, 0.3) is 5.91 Å². The SMILES string of the molecule is CCCNC(=O)C(=N)c1ccc(O)c(O)c1. The van der Waals surface area contributed by atoms with E-state index in [0.717, 1.165) is 6.42 Å². The van der Waals surface area contributed by atoms with Crippen molar-refractivity contribution in [1.82, 2.24) is 5.32 Å². The van der Waals surface area contributed by atoms with Gasteiger partial charge in [0, 0.05) is 12.1 Å². The van der Waals surface area contributed by atoms with Gasteiger partial charge >= 0.3 is 0 Å². The minimum absolute atomic E-state index is 0.233. The maximum absolute atomic E-state index is 11.4. The molecule has 0 aliphatic heterocycles. The van der Waals surface area contributed by atoms with Gasteiger partial charge in [0.2, 0.25) is 0 Å². The third-order valence-corrected chi connectivity index (χ3v) is 2.03. The summed E-state index contributed by atoms with van der Waals surface area (Å²) in [5.74, 6) is -1.11. The summed E-state index contributed by atoms with van der Waals surface area (Å²) in [6.07, 6.45) is 0.792. The van der Waals surface area contributed by atoms with Crippen molar-refractivity contribution in [2.24, 2.45) is 0 Å². The molecule has 1 aromatic carbocycles. The number of rotatable bonds is 4. The normalized spacial score (nSPS) is 9.81. The fraction of sp³-hybridized carbons (Fsp3) is 0.273. The first-order chi connectivity index (χ1) is 7.56. The van der Waals surface area contributed by atoms with Gasteiger partial charge in [0.15, 0.2) is 11.5 Å². The predicted molar refractivity (Wildman–Crippen MR) is 59.9 cm³/mol. The van der Waals surface area contributed by atoms with Crippen LogP contribution in [0.3, 0.4) is 0 Å². The summed E-state index contributed by atoms with van der Waals surface area (Å²) in [7, 11) is 0.